The van der Waals surface area contributed by atoms with Gasteiger partial charge in [0.05, 0.1) is 0 Å². The molecule has 0 saturated carbocycles. The fourth-order valence-corrected chi connectivity index (χ4v) is 3.36. The molecule has 1 aliphatic heterocycles. The van der Waals surface area contributed by atoms with Crippen molar-refractivity contribution in [3.05, 3.63) is 48.0 Å². The number of rotatable bonds is 5. The minimum Gasteiger partial charge on any atom is -0.372 e. The molecule has 1 fully saturated rings. The summed E-state index contributed by atoms with van der Waals surface area (Å²) in [5.41, 5.74) is 0.761. The highest BCUT2D eigenvalue weighted by Gasteiger charge is 2.29. The Morgan fingerprint density at radius 2 is 1.96 bits per heavy atom. The van der Waals surface area contributed by atoms with E-state index in [0.717, 1.165) is 29.2 Å². The Hall–Kier alpha value is -2.20. The molecule has 1 saturated heterocycles. The van der Waals surface area contributed by atoms with Gasteiger partial charge in [0.1, 0.15) is 6.61 Å². The number of nitrogens with zero attached hydrogens (tertiary/aromatic N) is 1. The Morgan fingerprint density at radius 1 is 1.17 bits per heavy atom. The third kappa shape index (κ3) is 3.49. The molecule has 0 unspecified atom stereocenters. The van der Waals surface area contributed by atoms with Gasteiger partial charge in [0.2, 0.25) is 5.91 Å². The van der Waals surface area contributed by atoms with E-state index >= 15 is 0 Å². The van der Waals surface area contributed by atoms with Gasteiger partial charge in [0.15, 0.2) is 5.78 Å². The van der Waals surface area contributed by atoms with E-state index in [1.807, 2.05) is 49.4 Å². The number of benzene rings is 2. The van der Waals surface area contributed by atoms with Crippen molar-refractivity contribution in [3.63, 3.8) is 0 Å². The van der Waals surface area contributed by atoms with Crippen LogP contribution in [0.15, 0.2) is 42.5 Å². The molecule has 1 heterocycles. The van der Waals surface area contributed by atoms with E-state index in [1.165, 1.54) is 0 Å². The molecule has 0 radical (unpaired) electrons. The summed E-state index contributed by atoms with van der Waals surface area (Å²) in [6, 6.07) is 13.8. The lowest BCUT2D eigenvalue weighted by Crippen LogP contribution is -2.43. The lowest BCUT2D eigenvalue weighted by atomic mass is 9.88. The zero-order chi connectivity index (χ0) is 16.9. The molecule has 1 amide bonds. The summed E-state index contributed by atoms with van der Waals surface area (Å²) in [6.45, 7) is 3.71. The minimum absolute atomic E-state index is 0.0210. The predicted octanol–water partition coefficient (Wildman–Crippen LogP) is 3.30. The van der Waals surface area contributed by atoms with E-state index in [2.05, 4.69) is 0 Å². The lowest BCUT2D eigenvalue weighted by Gasteiger charge is -2.32. The van der Waals surface area contributed by atoms with E-state index in [-0.39, 0.29) is 24.2 Å². The van der Waals surface area contributed by atoms with Crippen molar-refractivity contribution in [2.75, 3.05) is 26.3 Å². The first-order valence-electron chi connectivity index (χ1n) is 8.58. The highest BCUT2D eigenvalue weighted by atomic mass is 16.5. The van der Waals surface area contributed by atoms with Crippen molar-refractivity contribution in [1.29, 1.82) is 0 Å². The molecule has 24 heavy (non-hydrogen) atoms. The number of amides is 1. The van der Waals surface area contributed by atoms with Gasteiger partial charge in [0.25, 0.3) is 0 Å². The van der Waals surface area contributed by atoms with Gasteiger partial charge in [-0.2, -0.15) is 0 Å². The van der Waals surface area contributed by atoms with Crippen LogP contribution in [0.3, 0.4) is 0 Å². The monoisotopic (exact) mass is 325 g/mol. The van der Waals surface area contributed by atoms with Crippen molar-refractivity contribution in [3.8, 4) is 0 Å². The van der Waals surface area contributed by atoms with E-state index in [9.17, 15) is 9.59 Å². The highest BCUT2D eigenvalue weighted by Crippen LogP contribution is 2.26. The van der Waals surface area contributed by atoms with Crippen molar-refractivity contribution < 1.29 is 14.3 Å². The summed E-state index contributed by atoms with van der Waals surface area (Å²) >= 11 is 0. The van der Waals surface area contributed by atoms with E-state index in [4.69, 9.17) is 4.74 Å². The molecule has 1 atom stereocenters. The quantitative estimate of drug-likeness (QED) is 0.793. The Kier molecular flexibility index (Phi) is 5.26. The summed E-state index contributed by atoms with van der Waals surface area (Å²) in [6.07, 6.45) is 1.69. The van der Waals surface area contributed by atoms with Gasteiger partial charge in [-0.05, 0) is 30.5 Å². The Balaban J connectivity index is 1.78. The number of carbonyl (C=O) groups is 2. The normalized spacial score (nSPS) is 17.9. The smallest absolute Gasteiger partial charge is 0.248 e. The molecule has 4 nitrogen and oxygen atoms in total. The second-order valence-electron chi connectivity index (χ2n) is 6.21. The number of hydrogen-bond acceptors (Lipinski definition) is 3. The summed E-state index contributed by atoms with van der Waals surface area (Å²) in [4.78, 5) is 27.0. The maximum absolute atomic E-state index is 13.0. The predicted molar refractivity (Wildman–Crippen MR) is 94.1 cm³/mol. The fraction of sp³-hybridized carbons (Fsp3) is 0.400. The Labute approximate surface area is 142 Å². The van der Waals surface area contributed by atoms with E-state index < -0.39 is 0 Å². The molecule has 0 spiro atoms. The van der Waals surface area contributed by atoms with Crippen molar-refractivity contribution >= 4 is 22.5 Å². The van der Waals surface area contributed by atoms with Crippen LogP contribution in [0.2, 0.25) is 0 Å². The number of ether oxygens (including phenoxy) is 1. The zero-order valence-corrected chi connectivity index (χ0v) is 14.0. The van der Waals surface area contributed by atoms with Crippen molar-refractivity contribution in [1.82, 2.24) is 4.90 Å². The summed E-state index contributed by atoms with van der Waals surface area (Å²) in [5, 5.41) is 2.06. The van der Waals surface area contributed by atoms with Gasteiger partial charge in [0, 0.05) is 31.2 Å². The zero-order valence-electron chi connectivity index (χ0n) is 14.0. The third-order valence-electron chi connectivity index (χ3n) is 4.63. The average molecular weight is 325 g/mol. The summed E-state index contributed by atoms with van der Waals surface area (Å²) in [5.74, 6) is -0.0110. The molecule has 2 aromatic carbocycles. The number of ketones is 1. The standard InChI is InChI=1S/C20H23NO3/c1-2-24-14-19(22)21-12-6-9-16(13-21)20(23)18-11-5-8-15-7-3-4-10-17(15)18/h3-5,7-8,10-11,16H,2,6,9,12-14H2,1H3/t16-/m1/s1. The first-order chi connectivity index (χ1) is 11.7. The minimum atomic E-state index is -0.130. The molecule has 4 heteroatoms. The molecular formula is C20H23NO3. The third-order valence-corrected chi connectivity index (χ3v) is 4.63. The first-order valence-corrected chi connectivity index (χ1v) is 8.58. The number of Topliss-reactive ketones (excluding diaryl/α,β-unsaturated/α-hetero) is 1. The molecule has 3 rings (SSSR count). The van der Waals surface area contributed by atoms with E-state index in [1.54, 1.807) is 4.90 Å². The van der Waals surface area contributed by atoms with Gasteiger partial charge in [-0.3, -0.25) is 9.59 Å². The Morgan fingerprint density at radius 3 is 2.79 bits per heavy atom. The maximum atomic E-state index is 13.0. The maximum Gasteiger partial charge on any atom is 0.248 e. The van der Waals surface area contributed by atoms with Crippen LogP contribution in [0, 0.1) is 5.92 Å². The molecule has 126 valence electrons. The first kappa shape index (κ1) is 16.7. The molecule has 2 aromatic rings. The van der Waals surface area contributed by atoms with Crippen LogP contribution in [0.5, 0.6) is 0 Å². The van der Waals surface area contributed by atoms with Gasteiger partial charge >= 0.3 is 0 Å². The molecular weight excluding hydrogens is 302 g/mol. The van der Waals surface area contributed by atoms with Gasteiger partial charge in [-0.25, -0.2) is 0 Å². The topological polar surface area (TPSA) is 46.6 Å². The van der Waals surface area contributed by atoms with Crippen LogP contribution in [-0.2, 0) is 9.53 Å². The van der Waals surface area contributed by atoms with Crippen molar-refractivity contribution in [2.45, 2.75) is 19.8 Å². The summed E-state index contributed by atoms with van der Waals surface area (Å²) < 4.78 is 5.21. The van der Waals surface area contributed by atoms with Gasteiger partial charge in [-0.15, -0.1) is 0 Å². The number of likely N-dealkylation sites (tertiary alicyclic amines) is 1. The SMILES string of the molecule is CCOCC(=O)N1CCC[C@@H](C(=O)c2cccc3ccccc23)C1. The molecule has 1 aliphatic rings. The van der Waals surface area contributed by atoms with Crippen LogP contribution in [0.1, 0.15) is 30.1 Å². The largest absolute Gasteiger partial charge is 0.372 e. The second-order valence-corrected chi connectivity index (χ2v) is 6.21. The second kappa shape index (κ2) is 7.58. The summed E-state index contributed by atoms with van der Waals surface area (Å²) in [7, 11) is 0. The van der Waals surface area contributed by atoms with Gasteiger partial charge < -0.3 is 9.64 Å². The molecule has 0 N–H and O–H groups in total. The van der Waals surface area contributed by atoms with Crippen LogP contribution >= 0.6 is 0 Å². The fourth-order valence-electron chi connectivity index (χ4n) is 3.36. The molecule has 0 aliphatic carbocycles. The average Bonchev–Trinajstić information content (AvgIpc) is 2.65. The highest BCUT2D eigenvalue weighted by molar-refractivity contribution is 6.09. The van der Waals surface area contributed by atoms with Crippen LogP contribution in [-0.4, -0.2) is 42.9 Å². The number of fused-ring (bicyclic) bond motifs is 1. The van der Waals surface area contributed by atoms with Crippen LogP contribution in [0.25, 0.3) is 10.8 Å². The van der Waals surface area contributed by atoms with Crippen LogP contribution in [0.4, 0.5) is 0 Å². The van der Waals surface area contributed by atoms with E-state index in [0.29, 0.717) is 19.7 Å². The molecule has 0 aromatic heterocycles. The van der Waals surface area contributed by atoms with Gasteiger partial charge in [-0.1, -0.05) is 42.5 Å². The molecule has 0 bridgehead atoms. The Bertz CT molecular complexity index is 735. The van der Waals surface area contributed by atoms with Crippen LogP contribution < -0.4 is 0 Å². The lowest BCUT2D eigenvalue weighted by molar-refractivity contribution is -0.137. The number of hydrogen-bond donors (Lipinski definition) is 0. The van der Waals surface area contributed by atoms with Crippen molar-refractivity contribution in [2.24, 2.45) is 5.92 Å². The number of piperidine rings is 1. The number of carbonyl (C=O) groups excluding carboxylic acids is 2.